The van der Waals surface area contributed by atoms with Gasteiger partial charge in [0.25, 0.3) is 0 Å². The van der Waals surface area contributed by atoms with Crippen LogP contribution in [0.5, 0.6) is 0 Å². The van der Waals surface area contributed by atoms with Crippen LogP contribution in [0.1, 0.15) is 24.0 Å². The fourth-order valence-electron chi connectivity index (χ4n) is 2.51. The van der Waals surface area contributed by atoms with Crippen LogP contribution in [0.4, 0.5) is 0 Å². The number of sulfonamides is 1. The van der Waals surface area contributed by atoms with Gasteiger partial charge in [-0.15, -0.1) is 0 Å². The highest BCUT2D eigenvalue weighted by Gasteiger charge is 2.41. The number of nitrogens with zero attached hydrogens (tertiary/aromatic N) is 1. The van der Waals surface area contributed by atoms with Crippen LogP contribution in [0.3, 0.4) is 0 Å². The standard InChI is InChI=1S/C13H15Cl2NO4S/c1-7-6-9(14)8(2)12(11(7)15)21(19,20)16-5-3-4-10(16)13(17)18/h6,10H,3-5H2,1-2H3,(H,17,18)/t10-/m0/s1. The summed E-state index contributed by atoms with van der Waals surface area (Å²) < 4.78 is 26.6. The summed E-state index contributed by atoms with van der Waals surface area (Å²) >= 11 is 12.2. The maximum atomic E-state index is 12.8. The molecule has 0 spiro atoms. The van der Waals surface area contributed by atoms with Gasteiger partial charge in [-0.3, -0.25) is 4.79 Å². The molecule has 1 aromatic carbocycles. The van der Waals surface area contributed by atoms with E-state index >= 15 is 0 Å². The van der Waals surface area contributed by atoms with Crippen LogP contribution in [0.25, 0.3) is 0 Å². The van der Waals surface area contributed by atoms with Gasteiger partial charge in [0.15, 0.2) is 0 Å². The molecule has 0 aromatic heterocycles. The van der Waals surface area contributed by atoms with Crippen molar-refractivity contribution >= 4 is 39.2 Å². The number of rotatable bonds is 3. The summed E-state index contributed by atoms with van der Waals surface area (Å²) in [6, 6.07) is 0.543. The summed E-state index contributed by atoms with van der Waals surface area (Å²) in [6.45, 7) is 3.39. The monoisotopic (exact) mass is 351 g/mol. The molecule has 1 heterocycles. The Morgan fingerprint density at radius 1 is 1.38 bits per heavy atom. The molecule has 8 heteroatoms. The maximum absolute atomic E-state index is 12.8. The van der Waals surface area contributed by atoms with Crippen molar-refractivity contribution in [3.05, 3.63) is 27.2 Å². The van der Waals surface area contributed by atoms with Crippen LogP contribution < -0.4 is 0 Å². The van der Waals surface area contributed by atoms with Crippen LogP contribution >= 0.6 is 23.2 Å². The molecule has 2 rings (SSSR count). The Morgan fingerprint density at radius 3 is 2.57 bits per heavy atom. The Morgan fingerprint density at radius 2 is 2.00 bits per heavy atom. The van der Waals surface area contributed by atoms with Crippen molar-refractivity contribution in [2.45, 2.75) is 37.6 Å². The fourth-order valence-corrected chi connectivity index (χ4v) is 5.33. The number of halogens is 2. The lowest BCUT2D eigenvalue weighted by Gasteiger charge is -2.23. The average molecular weight is 352 g/mol. The minimum Gasteiger partial charge on any atom is -0.480 e. The van der Waals surface area contributed by atoms with Crippen molar-refractivity contribution in [2.75, 3.05) is 6.54 Å². The Balaban J connectivity index is 2.63. The summed E-state index contributed by atoms with van der Waals surface area (Å²) in [4.78, 5) is 11.1. The summed E-state index contributed by atoms with van der Waals surface area (Å²) in [5, 5.41) is 9.56. The molecule has 1 fully saturated rings. The number of carbonyl (C=O) groups is 1. The van der Waals surface area contributed by atoms with Crippen molar-refractivity contribution in [3.8, 4) is 0 Å². The number of hydrogen-bond donors (Lipinski definition) is 1. The van der Waals surface area contributed by atoms with E-state index < -0.39 is 22.0 Å². The lowest BCUT2D eigenvalue weighted by atomic mass is 10.2. The molecule has 1 aromatic rings. The minimum absolute atomic E-state index is 0.0907. The molecule has 5 nitrogen and oxygen atoms in total. The lowest BCUT2D eigenvalue weighted by Crippen LogP contribution is -2.40. The van der Waals surface area contributed by atoms with Crippen LogP contribution in [0.15, 0.2) is 11.0 Å². The van der Waals surface area contributed by atoms with Gasteiger partial charge in [-0.2, -0.15) is 4.31 Å². The van der Waals surface area contributed by atoms with E-state index in [9.17, 15) is 18.3 Å². The van der Waals surface area contributed by atoms with Gasteiger partial charge >= 0.3 is 5.97 Å². The molecule has 0 radical (unpaired) electrons. The van der Waals surface area contributed by atoms with Gasteiger partial charge in [0.05, 0.1) is 5.02 Å². The molecule has 21 heavy (non-hydrogen) atoms. The maximum Gasteiger partial charge on any atom is 0.322 e. The molecule has 1 N–H and O–H groups in total. The van der Waals surface area contributed by atoms with Crippen molar-refractivity contribution < 1.29 is 18.3 Å². The minimum atomic E-state index is -4.00. The van der Waals surface area contributed by atoms with E-state index in [0.29, 0.717) is 29.0 Å². The van der Waals surface area contributed by atoms with Gasteiger partial charge < -0.3 is 5.11 Å². The van der Waals surface area contributed by atoms with Crippen LogP contribution in [-0.2, 0) is 14.8 Å². The summed E-state index contributed by atoms with van der Waals surface area (Å²) in [7, 11) is -4.00. The smallest absolute Gasteiger partial charge is 0.322 e. The highest BCUT2D eigenvalue weighted by molar-refractivity contribution is 7.89. The molecule has 0 amide bonds. The number of aryl methyl sites for hydroxylation is 1. The Kier molecular flexibility index (Phi) is 4.54. The lowest BCUT2D eigenvalue weighted by molar-refractivity contribution is -0.140. The summed E-state index contributed by atoms with van der Waals surface area (Å²) in [6.07, 6.45) is 0.803. The molecular weight excluding hydrogens is 337 g/mol. The zero-order valence-electron chi connectivity index (χ0n) is 11.6. The number of aliphatic carboxylic acids is 1. The first-order chi connectivity index (χ1) is 9.67. The highest BCUT2D eigenvalue weighted by Crippen LogP contribution is 2.37. The fraction of sp³-hybridized carbons (Fsp3) is 0.462. The average Bonchev–Trinajstić information content (AvgIpc) is 2.86. The zero-order chi connectivity index (χ0) is 15.9. The topological polar surface area (TPSA) is 74.7 Å². The second-order valence-electron chi connectivity index (χ2n) is 5.06. The molecule has 0 unspecified atom stereocenters. The zero-order valence-corrected chi connectivity index (χ0v) is 13.9. The number of carboxylic acids is 1. The van der Waals surface area contributed by atoms with Gasteiger partial charge in [-0.1, -0.05) is 23.2 Å². The van der Waals surface area contributed by atoms with Crippen LogP contribution in [-0.4, -0.2) is 36.4 Å². The Hall–Kier alpha value is -0.820. The van der Waals surface area contributed by atoms with Gasteiger partial charge in [0, 0.05) is 11.6 Å². The van der Waals surface area contributed by atoms with E-state index in [1.165, 1.54) is 0 Å². The largest absolute Gasteiger partial charge is 0.480 e. The quantitative estimate of drug-likeness (QED) is 0.908. The van der Waals surface area contributed by atoms with Gasteiger partial charge in [0.2, 0.25) is 10.0 Å². The predicted molar refractivity (Wildman–Crippen MR) is 80.5 cm³/mol. The highest BCUT2D eigenvalue weighted by atomic mass is 35.5. The van der Waals surface area contributed by atoms with E-state index in [0.717, 1.165) is 4.31 Å². The normalized spacial score (nSPS) is 19.9. The SMILES string of the molecule is Cc1cc(Cl)c(C)c(S(=O)(=O)N2CCC[C@H]2C(=O)O)c1Cl. The van der Waals surface area contributed by atoms with E-state index in [-0.39, 0.29) is 16.5 Å². The van der Waals surface area contributed by atoms with E-state index in [4.69, 9.17) is 23.2 Å². The third-order valence-electron chi connectivity index (χ3n) is 3.64. The van der Waals surface area contributed by atoms with Gasteiger partial charge in [0.1, 0.15) is 10.9 Å². The molecule has 0 saturated carbocycles. The number of carboxylic acid groups (broad SMARTS) is 1. The first-order valence-electron chi connectivity index (χ1n) is 6.37. The van der Waals surface area contributed by atoms with Crippen molar-refractivity contribution in [1.29, 1.82) is 0 Å². The molecule has 0 aliphatic carbocycles. The van der Waals surface area contributed by atoms with E-state index in [1.807, 2.05) is 0 Å². The molecule has 1 atom stereocenters. The predicted octanol–water partition coefficient (Wildman–Crippen LogP) is 2.85. The van der Waals surface area contributed by atoms with Crippen molar-refractivity contribution in [2.24, 2.45) is 0 Å². The molecular formula is C13H15Cl2NO4S. The second kappa shape index (κ2) is 5.76. The third kappa shape index (κ3) is 2.77. The van der Waals surface area contributed by atoms with E-state index in [1.54, 1.807) is 19.9 Å². The summed E-state index contributed by atoms with van der Waals surface area (Å²) in [5.41, 5.74) is 0.875. The Labute approximate surface area is 133 Å². The third-order valence-corrected chi connectivity index (χ3v) is 6.72. The second-order valence-corrected chi connectivity index (χ2v) is 7.67. The van der Waals surface area contributed by atoms with Crippen molar-refractivity contribution in [3.63, 3.8) is 0 Å². The van der Waals surface area contributed by atoms with E-state index in [2.05, 4.69) is 0 Å². The number of hydrogen-bond acceptors (Lipinski definition) is 3. The molecule has 116 valence electrons. The molecule has 1 aliphatic heterocycles. The summed E-state index contributed by atoms with van der Waals surface area (Å²) in [5.74, 6) is -1.15. The first kappa shape index (κ1) is 16.5. The van der Waals surface area contributed by atoms with Gasteiger partial charge in [-0.05, 0) is 43.9 Å². The van der Waals surface area contributed by atoms with Crippen molar-refractivity contribution in [1.82, 2.24) is 4.31 Å². The molecule has 0 bridgehead atoms. The molecule has 1 aliphatic rings. The Bertz CT molecular complexity index is 676. The first-order valence-corrected chi connectivity index (χ1v) is 8.57. The van der Waals surface area contributed by atoms with Crippen LogP contribution in [0, 0.1) is 13.8 Å². The van der Waals surface area contributed by atoms with Crippen LogP contribution in [0.2, 0.25) is 10.0 Å². The molecule has 1 saturated heterocycles. The van der Waals surface area contributed by atoms with Gasteiger partial charge in [-0.25, -0.2) is 8.42 Å². The number of benzene rings is 1.